The lowest BCUT2D eigenvalue weighted by Crippen LogP contribution is -2.53. The summed E-state index contributed by atoms with van der Waals surface area (Å²) in [6.45, 7) is 5.52. The standard InChI is InChI=1S/C24H28N4O3/c1-15-13-27(24(30)23-5-4-10-31-23)22-12-18(8-9-21(22)28(15)16(2)29)17-6-7-19-14-26(3)25-20(19)11-17/h6-9,11-12,15,23,25H,4-5,10,13-14H2,1-3H3. The Morgan fingerprint density at radius 2 is 1.87 bits per heavy atom. The summed E-state index contributed by atoms with van der Waals surface area (Å²) in [6.07, 6.45) is 1.26. The van der Waals surface area contributed by atoms with Crippen molar-refractivity contribution in [1.29, 1.82) is 0 Å². The molecule has 0 aliphatic carbocycles. The molecule has 3 heterocycles. The van der Waals surface area contributed by atoms with Crippen LogP contribution in [0.25, 0.3) is 11.1 Å². The lowest BCUT2D eigenvalue weighted by Gasteiger charge is -2.41. The summed E-state index contributed by atoms with van der Waals surface area (Å²) in [5, 5.41) is 2.05. The van der Waals surface area contributed by atoms with E-state index in [4.69, 9.17) is 4.74 Å². The van der Waals surface area contributed by atoms with Crippen LogP contribution in [-0.4, -0.2) is 49.2 Å². The van der Waals surface area contributed by atoms with Gasteiger partial charge in [-0.25, -0.2) is 5.01 Å². The van der Waals surface area contributed by atoms with Gasteiger partial charge in [-0.2, -0.15) is 0 Å². The van der Waals surface area contributed by atoms with Crippen molar-refractivity contribution < 1.29 is 14.3 Å². The smallest absolute Gasteiger partial charge is 0.256 e. The summed E-state index contributed by atoms with van der Waals surface area (Å²) in [5.74, 6) is -0.0290. The largest absolute Gasteiger partial charge is 0.368 e. The van der Waals surface area contributed by atoms with E-state index in [1.165, 1.54) is 5.56 Å². The predicted molar refractivity (Wildman–Crippen MR) is 121 cm³/mol. The fourth-order valence-corrected chi connectivity index (χ4v) is 4.94. The van der Waals surface area contributed by atoms with Crippen molar-refractivity contribution in [2.75, 3.05) is 35.4 Å². The van der Waals surface area contributed by atoms with Crippen LogP contribution in [-0.2, 0) is 20.9 Å². The first-order valence-electron chi connectivity index (χ1n) is 10.9. The molecule has 3 aliphatic rings. The second-order valence-electron chi connectivity index (χ2n) is 8.73. The van der Waals surface area contributed by atoms with Gasteiger partial charge in [0.1, 0.15) is 6.10 Å². The van der Waals surface area contributed by atoms with E-state index in [1.807, 2.05) is 37.1 Å². The van der Waals surface area contributed by atoms with Crippen molar-refractivity contribution in [3.63, 3.8) is 0 Å². The minimum Gasteiger partial charge on any atom is -0.368 e. The van der Waals surface area contributed by atoms with Gasteiger partial charge in [-0.1, -0.05) is 18.2 Å². The normalized spacial score (nSPS) is 22.8. The van der Waals surface area contributed by atoms with Crippen LogP contribution >= 0.6 is 0 Å². The first-order valence-corrected chi connectivity index (χ1v) is 10.9. The molecule has 2 amide bonds. The van der Waals surface area contributed by atoms with Gasteiger partial charge in [0, 0.05) is 33.7 Å². The molecule has 1 saturated heterocycles. The first kappa shape index (κ1) is 20.0. The fraction of sp³-hybridized carbons (Fsp3) is 0.417. The quantitative estimate of drug-likeness (QED) is 0.807. The molecule has 162 valence electrons. The lowest BCUT2D eigenvalue weighted by atomic mass is 9.98. The van der Waals surface area contributed by atoms with E-state index in [0.29, 0.717) is 13.2 Å². The van der Waals surface area contributed by atoms with E-state index in [9.17, 15) is 9.59 Å². The third kappa shape index (κ3) is 3.47. The van der Waals surface area contributed by atoms with Crippen molar-refractivity contribution in [3.8, 4) is 11.1 Å². The van der Waals surface area contributed by atoms with Gasteiger partial charge < -0.3 is 20.0 Å². The highest BCUT2D eigenvalue weighted by Crippen LogP contribution is 2.40. The summed E-state index contributed by atoms with van der Waals surface area (Å²) in [7, 11) is 2.02. The number of hydrogen-bond donors (Lipinski definition) is 1. The third-order valence-corrected chi connectivity index (χ3v) is 6.39. The van der Waals surface area contributed by atoms with E-state index in [1.54, 1.807) is 11.8 Å². The van der Waals surface area contributed by atoms with Crippen molar-refractivity contribution in [3.05, 3.63) is 42.0 Å². The Hall–Kier alpha value is -2.90. The number of rotatable bonds is 2. The summed E-state index contributed by atoms with van der Waals surface area (Å²) < 4.78 is 5.68. The molecule has 7 heteroatoms. The van der Waals surface area contributed by atoms with Gasteiger partial charge in [-0.05, 0) is 54.7 Å². The fourth-order valence-electron chi connectivity index (χ4n) is 4.94. The number of hydrazine groups is 1. The van der Waals surface area contributed by atoms with Crippen molar-refractivity contribution in [2.24, 2.45) is 0 Å². The van der Waals surface area contributed by atoms with E-state index >= 15 is 0 Å². The molecule has 7 nitrogen and oxygen atoms in total. The molecule has 3 aliphatic heterocycles. The van der Waals surface area contributed by atoms with Gasteiger partial charge in [0.25, 0.3) is 5.91 Å². The summed E-state index contributed by atoms with van der Waals surface area (Å²) in [5.41, 5.74) is 9.36. The molecule has 0 spiro atoms. The Labute approximate surface area is 182 Å². The van der Waals surface area contributed by atoms with Crippen LogP contribution < -0.4 is 15.2 Å². The highest BCUT2D eigenvalue weighted by Gasteiger charge is 2.37. The molecule has 0 bridgehead atoms. The number of nitrogens with zero attached hydrogens (tertiary/aromatic N) is 3. The molecule has 5 rings (SSSR count). The van der Waals surface area contributed by atoms with Crippen LogP contribution in [0.2, 0.25) is 0 Å². The molecule has 2 aromatic carbocycles. The van der Waals surface area contributed by atoms with Crippen LogP contribution in [0.5, 0.6) is 0 Å². The molecule has 0 saturated carbocycles. The number of amides is 2. The Balaban J connectivity index is 1.57. The topological polar surface area (TPSA) is 65.1 Å². The van der Waals surface area contributed by atoms with Crippen molar-refractivity contribution in [2.45, 2.75) is 45.4 Å². The zero-order chi connectivity index (χ0) is 21.7. The number of carbonyl (C=O) groups is 2. The Morgan fingerprint density at radius 1 is 1.10 bits per heavy atom. The zero-order valence-electron chi connectivity index (χ0n) is 18.2. The molecule has 2 atom stereocenters. The second kappa shape index (κ2) is 7.66. The van der Waals surface area contributed by atoms with Crippen LogP contribution in [0.4, 0.5) is 17.1 Å². The van der Waals surface area contributed by atoms with Gasteiger partial charge in [0.05, 0.1) is 23.1 Å². The molecular weight excluding hydrogens is 392 g/mol. The third-order valence-electron chi connectivity index (χ3n) is 6.39. The van der Waals surface area contributed by atoms with Crippen LogP contribution in [0.1, 0.15) is 32.3 Å². The number of nitrogens with one attached hydrogen (secondary N) is 1. The highest BCUT2D eigenvalue weighted by molar-refractivity contribution is 6.06. The molecule has 0 aromatic heterocycles. The maximum atomic E-state index is 13.3. The second-order valence-corrected chi connectivity index (χ2v) is 8.73. The number of hydrogen-bond acceptors (Lipinski definition) is 5. The number of ether oxygens (including phenoxy) is 1. The van der Waals surface area contributed by atoms with E-state index in [0.717, 1.165) is 47.6 Å². The van der Waals surface area contributed by atoms with Gasteiger partial charge >= 0.3 is 0 Å². The van der Waals surface area contributed by atoms with Crippen molar-refractivity contribution in [1.82, 2.24) is 5.01 Å². The molecule has 0 radical (unpaired) electrons. The summed E-state index contributed by atoms with van der Waals surface area (Å²) in [6, 6.07) is 12.3. The molecule has 2 aromatic rings. The Morgan fingerprint density at radius 3 is 2.61 bits per heavy atom. The van der Waals surface area contributed by atoms with Gasteiger partial charge in [-0.15, -0.1) is 0 Å². The Kier molecular flexibility index (Phi) is 4.95. The number of benzene rings is 2. The molecular formula is C24H28N4O3. The minimum absolute atomic E-state index is 0.0109. The van der Waals surface area contributed by atoms with Gasteiger partial charge in [0.2, 0.25) is 5.91 Å². The highest BCUT2D eigenvalue weighted by atomic mass is 16.5. The first-order chi connectivity index (χ1) is 14.9. The lowest BCUT2D eigenvalue weighted by molar-refractivity contribution is -0.127. The van der Waals surface area contributed by atoms with Gasteiger partial charge in [0.15, 0.2) is 0 Å². The maximum Gasteiger partial charge on any atom is 0.256 e. The Bertz CT molecular complexity index is 1050. The average molecular weight is 421 g/mol. The van der Waals surface area contributed by atoms with Crippen LogP contribution in [0.15, 0.2) is 36.4 Å². The maximum absolute atomic E-state index is 13.3. The summed E-state index contributed by atoms with van der Waals surface area (Å²) >= 11 is 0. The van der Waals surface area contributed by atoms with E-state index < -0.39 is 6.10 Å². The SMILES string of the molecule is CC(=O)N1c2ccc(-c3ccc4c(c3)NN(C)C4)cc2N(C(=O)C2CCCO2)CC1C. The number of carbonyl (C=O) groups excluding carboxylic acids is 2. The average Bonchev–Trinajstić information content (AvgIpc) is 3.40. The van der Waals surface area contributed by atoms with Crippen molar-refractivity contribution >= 4 is 28.9 Å². The number of fused-ring (bicyclic) bond motifs is 2. The molecule has 31 heavy (non-hydrogen) atoms. The minimum atomic E-state index is -0.396. The molecule has 2 unspecified atom stereocenters. The molecule has 1 fully saturated rings. The predicted octanol–water partition coefficient (Wildman–Crippen LogP) is 3.39. The van der Waals surface area contributed by atoms with Gasteiger partial charge in [-0.3, -0.25) is 9.59 Å². The number of anilines is 3. The van der Waals surface area contributed by atoms with Crippen LogP contribution in [0, 0.1) is 0 Å². The monoisotopic (exact) mass is 420 g/mol. The summed E-state index contributed by atoms with van der Waals surface area (Å²) in [4.78, 5) is 29.3. The van der Waals surface area contributed by atoms with E-state index in [2.05, 4.69) is 28.6 Å². The zero-order valence-corrected chi connectivity index (χ0v) is 18.2. The molecule has 1 N–H and O–H groups in total. The van der Waals surface area contributed by atoms with Crippen LogP contribution in [0.3, 0.4) is 0 Å². The van der Waals surface area contributed by atoms with E-state index in [-0.39, 0.29) is 17.9 Å².